The minimum absolute atomic E-state index is 0.0537. The van der Waals surface area contributed by atoms with E-state index in [1.54, 1.807) is 11.3 Å². The molecule has 0 amide bonds. The highest BCUT2D eigenvalue weighted by Crippen LogP contribution is 2.25. The Morgan fingerprint density at radius 2 is 2.11 bits per heavy atom. The van der Waals surface area contributed by atoms with Crippen molar-refractivity contribution in [2.24, 2.45) is 5.41 Å². The van der Waals surface area contributed by atoms with E-state index in [2.05, 4.69) is 28.6 Å². The molecule has 19 heavy (non-hydrogen) atoms. The summed E-state index contributed by atoms with van der Waals surface area (Å²) in [5.74, 6) is 0. The van der Waals surface area contributed by atoms with Crippen molar-refractivity contribution in [1.29, 1.82) is 0 Å². The van der Waals surface area contributed by atoms with Gasteiger partial charge in [0.15, 0.2) is 5.13 Å². The number of thiazole rings is 1. The summed E-state index contributed by atoms with van der Waals surface area (Å²) in [7, 11) is 0. The maximum Gasteiger partial charge on any atom is 0.185 e. The quantitative estimate of drug-likeness (QED) is 0.867. The maximum absolute atomic E-state index is 9.60. The Bertz CT molecular complexity index is 363. The van der Waals surface area contributed by atoms with Gasteiger partial charge >= 0.3 is 0 Å². The maximum atomic E-state index is 9.60. The highest BCUT2D eigenvalue weighted by Gasteiger charge is 2.28. The summed E-state index contributed by atoms with van der Waals surface area (Å²) < 4.78 is 0. The van der Waals surface area contributed by atoms with Crippen LogP contribution in [0.5, 0.6) is 0 Å². The summed E-state index contributed by atoms with van der Waals surface area (Å²) >= 11 is 1.71. The fourth-order valence-corrected chi connectivity index (χ4v) is 3.52. The van der Waals surface area contributed by atoms with Crippen LogP contribution in [0.4, 0.5) is 5.13 Å². The molecule has 0 aromatic carbocycles. The van der Waals surface area contributed by atoms with E-state index in [0.717, 1.165) is 50.7 Å². The van der Waals surface area contributed by atoms with E-state index in [1.165, 1.54) is 0 Å². The molecular formula is C14H25N3OS. The average Bonchev–Trinajstić information content (AvgIpc) is 2.94. The first kappa shape index (κ1) is 14.8. The van der Waals surface area contributed by atoms with E-state index in [4.69, 9.17) is 0 Å². The van der Waals surface area contributed by atoms with Crippen LogP contribution >= 0.6 is 11.3 Å². The lowest BCUT2D eigenvalue weighted by Gasteiger charge is -2.39. The second kappa shape index (κ2) is 6.68. The normalized spacial score (nSPS) is 20.5. The largest absolute Gasteiger partial charge is 0.396 e. The van der Waals surface area contributed by atoms with Crippen molar-refractivity contribution in [3.63, 3.8) is 0 Å². The fraction of sp³-hybridized carbons (Fsp3) is 0.786. The van der Waals surface area contributed by atoms with Crippen LogP contribution in [0.25, 0.3) is 0 Å². The minimum atomic E-state index is 0.0537. The highest BCUT2D eigenvalue weighted by atomic mass is 32.1. The lowest BCUT2D eigenvalue weighted by molar-refractivity contribution is 0.0771. The van der Waals surface area contributed by atoms with Gasteiger partial charge in [-0.3, -0.25) is 4.90 Å². The third kappa shape index (κ3) is 3.91. The number of piperazine rings is 1. The van der Waals surface area contributed by atoms with E-state index in [9.17, 15) is 5.11 Å². The lowest BCUT2D eigenvalue weighted by atomic mass is 9.86. The number of aliphatic hydroxyl groups is 1. The first-order chi connectivity index (χ1) is 9.17. The summed E-state index contributed by atoms with van der Waals surface area (Å²) in [6.07, 6.45) is 4.10. The molecule has 1 aromatic heterocycles. The van der Waals surface area contributed by atoms with Gasteiger partial charge in [0.25, 0.3) is 0 Å². The molecule has 0 aliphatic carbocycles. The molecule has 2 rings (SSSR count). The van der Waals surface area contributed by atoms with Crippen molar-refractivity contribution in [1.82, 2.24) is 9.88 Å². The van der Waals surface area contributed by atoms with Gasteiger partial charge in [0.2, 0.25) is 0 Å². The molecule has 1 unspecified atom stereocenters. The molecule has 4 nitrogen and oxygen atoms in total. The summed E-state index contributed by atoms with van der Waals surface area (Å²) in [4.78, 5) is 9.21. The van der Waals surface area contributed by atoms with Crippen LogP contribution in [0, 0.1) is 5.41 Å². The third-order valence-corrected chi connectivity index (χ3v) is 4.73. The highest BCUT2D eigenvalue weighted by molar-refractivity contribution is 7.13. The van der Waals surface area contributed by atoms with Gasteiger partial charge < -0.3 is 10.0 Å². The Hall–Kier alpha value is -0.650. The first-order valence-corrected chi connectivity index (χ1v) is 8.02. The van der Waals surface area contributed by atoms with Crippen LogP contribution in [0.2, 0.25) is 0 Å². The lowest BCUT2D eigenvalue weighted by Crippen LogP contribution is -2.50. The van der Waals surface area contributed by atoms with Crippen molar-refractivity contribution in [2.75, 3.05) is 44.2 Å². The predicted octanol–water partition coefficient (Wildman–Crippen LogP) is 2.06. The molecule has 108 valence electrons. The van der Waals surface area contributed by atoms with Crippen molar-refractivity contribution >= 4 is 16.5 Å². The molecule has 0 bridgehead atoms. The van der Waals surface area contributed by atoms with Crippen LogP contribution in [0.3, 0.4) is 0 Å². The molecule has 0 spiro atoms. The number of nitrogens with zero attached hydrogens (tertiary/aromatic N) is 3. The number of hydrogen-bond acceptors (Lipinski definition) is 5. The van der Waals surface area contributed by atoms with Crippen molar-refractivity contribution in [3.05, 3.63) is 11.6 Å². The second-order valence-electron chi connectivity index (χ2n) is 5.80. The number of rotatable bonds is 6. The summed E-state index contributed by atoms with van der Waals surface area (Å²) in [5, 5.41) is 12.8. The molecule has 1 aromatic rings. The van der Waals surface area contributed by atoms with Crippen molar-refractivity contribution in [3.8, 4) is 0 Å². The van der Waals surface area contributed by atoms with Crippen molar-refractivity contribution in [2.45, 2.75) is 26.7 Å². The molecule has 2 heterocycles. The molecule has 1 saturated heterocycles. The molecule has 0 radical (unpaired) electrons. The predicted molar refractivity (Wildman–Crippen MR) is 80.9 cm³/mol. The SMILES string of the molecule is CCCC(C)(CO)CN1CCN(c2nccs2)CC1. The van der Waals surface area contributed by atoms with Gasteiger partial charge in [-0.1, -0.05) is 20.3 Å². The standard InChI is InChI=1S/C14H25N3OS/c1-3-4-14(2,12-18)11-16-6-8-17(9-7-16)13-15-5-10-19-13/h5,10,18H,3-4,6-9,11-12H2,1-2H3. The smallest absolute Gasteiger partial charge is 0.185 e. The molecule has 1 aliphatic rings. The monoisotopic (exact) mass is 283 g/mol. The number of aromatic nitrogens is 1. The fourth-order valence-electron chi connectivity index (χ4n) is 2.82. The van der Waals surface area contributed by atoms with Crippen LogP contribution in [-0.2, 0) is 0 Å². The Balaban J connectivity index is 1.83. The van der Waals surface area contributed by atoms with E-state index in [-0.39, 0.29) is 12.0 Å². The summed E-state index contributed by atoms with van der Waals surface area (Å²) in [5.41, 5.74) is 0.0537. The van der Waals surface area contributed by atoms with Crippen LogP contribution in [0.15, 0.2) is 11.6 Å². The molecule has 1 atom stereocenters. The number of aliphatic hydroxyl groups excluding tert-OH is 1. The van der Waals surface area contributed by atoms with Gasteiger partial charge in [-0.2, -0.15) is 0 Å². The first-order valence-electron chi connectivity index (χ1n) is 7.14. The number of hydrogen-bond donors (Lipinski definition) is 1. The second-order valence-corrected chi connectivity index (χ2v) is 6.67. The van der Waals surface area contributed by atoms with Gasteiger partial charge in [-0.25, -0.2) is 4.98 Å². The van der Waals surface area contributed by atoms with E-state index in [1.807, 2.05) is 11.6 Å². The van der Waals surface area contributed by atoms with Crippen LogP contribution < -0.4 is 4.90 Å². The zero-order valence-corrected chi connectivity index (χ0v) is 12.8. The van der Waals surface area contributed by atoms with Crippen LogP contribution in [0.1, 0.15) is 26.7 Å². The van der Waals surface area contributed by atoms with Crippen molar-refractivity contribution < 1.29 is 5.11 Å². The van der Waals surface area contributed by atoms with Gasteiger partial charge in [0.05, 0.1) is 0 Å². The van der Waals surface area contributed by atoms with Gasteiger partial charge in [0.1, 0.15) is 0 Å². The molecule has 1 aliphatic heterocycles. The van der Waals surface area contributed by atoms with Gasteiger partial charge in [0, 0.05) is 56.3 Å². The summed E-state index contributed by atoms with van der Waals surface area (Å²) in [6, 6.07) is 0. The van der Waals surface area contributed by atoms with E-state index >= 15 is 0 Å². The Morgan fingerprint density at radius 3 is 2.63 bits per heavy atom. The van der Waals surface area contributed by atoms with Crippen LogP contribution in [-0.4, -0.2) is 54.3 Å². The summed E-state index contributed by atoms with van der Waals surface area (Å²) in [6.45, 7) is 9.90. The number of anilines is 1. The Morgan fingerprint density at radius 1 is 1.37 bits per heavy atom. The topological polar surface area (TPSA) is 39.6 Å². The minimum Gasteiger partial charge on any atom is -0.396 e. The average molecular weight is 283 g/mol. The third-order valence-electron chi connectivity index (χ3n) is 3.90. The zero-order valence-electron chi connectivity index (χ0n) is 12.0. The van der Waals surface area contributed by atoms with E-state index in [0.29, 0.717) is 0 Å². The van der Waals surface area contributed by atoms with Gasteiger partial charge in [-0.05, 0) is 6.42 Å². The molecular weight excluding hydrogens is 258 g/mol. The Kier molecular flexibility index (Phi) is 5.19. The Labute approximate surface area is 120 Å². The van der Waals surface area contributed by atoms with E-state index < -0.39 is 0 Å². The molecule has 5 heteroatoms. The zero-order chi connectivity index (χ0) is 13.7. The molecule has 1 fully saturated rings. The molecule has 1 N–H and O–H groups in total. The molecule has 0 saturated carbocycles. The van der Waals surface area contributed by atoms with Gasteiger partial charge in [-0.15, -0.1) is 11.3 Å².